The number of nitrogens with one attached hydrogen (secondary N) is 1. The van der Waals surface area contributed by atoms with Crippen LogP contribution in [0, 0.1) is 13.8 Å². The summed E-state index contributed by atoms with van der Waals surface area (Å²) in [7, 11) is 0. The van der Waals surface area contributed by atoms with Crippen LogP contribution >= 0.6 is 0 Å². The molecular weight excluding hydrogens is 330 g/mol. The summed E-state index contributed by atoms with van der Waals surface area (Å²) >= 11 is 0. The van der Waals surface area contributed by atoms with Crippen molar-refractivity contribution in [3.8, 4) is 5.82 Å². The SMILES string of the molecule is CC(=O)Nc1cc2c(cn1)c(C)nn2-c1cc(C)cc(C2CCOC2)n1. The molecule has 7 nitrogen and oxygen atoms in total. The molecular formula is C19H21N5O2. The number of carbonyl (C=O) groups is 1. The number of pyridine rings is 2. The van der Waals surface area contributed by atoms with Crippen molar-refractivity contribution >= 4 is 22.6 Å². The van der Waals surface area contributed by atoms with E-state index in [9.17, 15) is 4.79 Å². The van der Waals surface area contributed by atoms with E-state index in [0.29, 0.717) is 18.3 Å². The molecule has 0 aliphatic carbocycles. The van der Waals surface area contributed by atoms with Gasteiger partial charge in [-0.1, -0.05) is 0 Å². The molecule has 26 heavy (non-hydrogen) atoms. The van der Waals surface area contributed by atoms with Gasteiger partial charge in [0.15, 0.2) is 5.82 Å². The maximum atomic E-state index is 11.3. The molecule has 1 unspecified atom stereocenters. The monoisotopic (exact) mass is 351 g/mol. The Morgan fingerprint density at radius 3 is 2.88 bits per heavy atom. The highest BCUT2D eigenvalue weighted by Crippen LogP contribution is 2.27. The Hall–Kier alpha value is -2.80. The van der Waals surface area contributed by atoms with Crippen molar-refractivity contribution < 1.29 is 9.53 Å². The van der Waals surface area contributed by atoms with Crippen LogP contribution in [0.4, 0.5) is 5.82 Å². The van der Waals surface area contributed by atoms with E-state index in [1.807, 2.05) is 23.7 Å². The van der Waals surface area contributed by atoms with E-state index in [0.717, 1.165) is 46.7 Å². The van der Waals surface area contributed by atoms with Crippen molar-refractivity contribution in [2.24, 2.45) is 0 Å². The smallest absolute Gasteiger partial charge is 0.222 e. The lowest BCUT2D eigenvalue weighted by Gasteiger charge is -2.11. The molecule has 0 aromatic carbocycles. The molecule has 1 saturated heterocycles. The highest BCUT2D eigenvalue weighted by atomic mass is 16.5. The fraction of sp³-hybridized carbons (Fsp3) is 0.368. The van der Waals surface area contributed by atoms with Crippen LogP contribution in [0.15, 0.2) is 24.4 Å². The van der Waals surface area contributed by atoms with Crippen LogP contribution < -0.4 is 5.32 Å². The summed E-state index contributed by atoms with van der Waals surface area (Å²) in [5.74, 6) is 1.44. The number of hydrogen-bond donors (Lipinski definition) is 1. The summed E-state index contributed by atoms with van der Waals surface area (Å²) in [5.41, 5.74) is 3.91. The summed E-state index contributed by atoms with van der Waals surface area (Å²) in [5, 5.41) is 8.32. The first-order chi connectivity index (χ1) is 12.5. The molecule has 7 heteroatoms. The maximum Gasteiger partial charge on any atom is 0.222 e. The molecule has 1 N–H and O–H groups in total. The third kappa shape index (κ3) is 3.06. The second-order valence-electron chi connectivity index (χ2n) is 6.75. The molecule has 3 aromatic heterocycles. The van der Waals surface area contributed by atoms with Crippen molar-refractivity contribution in [1.82, 2.24) is 19.7 Å². The molecule has 134 valence electrons. The van der Waals surface area contributed by atoms with E-state index >= 15 is 0 Å². The van der Waals surface area contributed by atoms with Crippen LogP contribution in [0.3, 0.4) is 0 Å². The Morgan fingerprint density at radius 2 is 2.15 bits per heavy atom. The molecule has 4 rings (SSSR count). The Balaban J connectivity index is 1.84. The van der Waals surface area contributed by atoms with Gasteiger partial charge in [-0.05, 0) is 38.0 Å². The first-order valence-corrected chi connectivity index (χ1v) is 8.71. The zero-order valence-corrected chi connectivity index (χ0v) is 15.1. The van der Waals surface area contributed by atoms with Gasteiger partial charge in [-0.2, -0.15) is 5.10 Å². The van der Waals surface area contributed by atoms with Crippen LogP contribution in [-0.2, 0) is 9.53 Å². The minimum absolute atomic E-state index is 0.156. The zero-order chi connectivity index (χ0) is 18.3. The van der Waals surface area contributed by atoms with Crippen molar-refractivity contribution in [3.63, 3.8) is 0 Å². The highest BCUT2D eigenvalue weighted by Gasteiger charge is 2.21. The van der Waals surface area contributed by atoms with Gasteiger partial charge in [-0.15, -0.1) is 0 Å². The molecule has 1 fully saturated rings. The minimum atomic E-state index is -0.156. The number of anilines is 1. The fourth-order valence-corrected chi connectivity index (χ4v) is 3.34. The number of carbonyl (C=O) groups excluding carboxylic acids is 1. The Labute approximate surface area is 151 Å². The Morgan fingerprint density at radius 1 is 1.31 bits per heavy atom. The standard InChI is InChI=1S/C19H21N5O2/c1-11-6-16(14-4-5-26-10-14)22-19(7-11)24-17-8-18(21-13(3)25)20-9-15(17)12(2)23-24/h6-9,14H,4-5,10H2,1-3H3,(H,20,21,25). The first kappa shape index (κ1) is 16.7. The zero-order valence-electron chi connectivity index (χ0n) is 15.1. The lowest BCUT2D eigenvalue weighted by Crippen LogP contribution is -2.08. The normalized spacial score (nSPS) is 17.0. The predicted molar refractivity (Wildman–Crippen MR) is 98.6 cm³/mol. The molecule has 3 aromatic rings. The quantitative estimate of drug-likeness (QED) is 0.784. The fourth-order valence-electron chi connectivity index (χ4n) is 3.34. The van der Waals surface area contributed by atoms with E-state index < -0.39 is 0 Å². The predicted octanol–water partition coefficient (Wildman–Crippen LogP) is 2.89. The molecule has 1 atom stereocenters. The molecule has 1 aliphatic heterocycles. The van der Waals surface area contributed by atoms with Crippen molar-refractivity contribution in [1.29, 1.82) is 0 Å². The number of ether oxygens (including phenoxy) is 1. The topological polar surface area (TPSA) is 81.9 Å². The molecule has 0 spiro atoms. The van der Waals surface area contributed by atoms with Crippen LogP contribution in [0.5, 0.6) is 0 Å². The second kappa shape index (κ2) is 6.49. The van der Waals surface area contributed by atoms with Gasteiger partial charge in [0.05, 0.1) is 17.8 Å². The summed E-state index contributed by atoms with van der Waals surface area (Å²) in [6, 6.07) is 5.97. The molecule has 1 amide bonds. The number of aryl methyl sites for hydroxylation is 2. The van der Waals surface area contributed by atoms with Crippen LogP contribution in [0.25, 0.3) is 16.7 Å². The van der Waals surface area contributed by atoms with Gasteiger partial charge in [0.1, 0.15) is 5.82 Å². The summed E-state index contributed by atoms with van der Waals surface area (Å²) in [4.78, 5) is 20.5. The van der Waals surface area contributed by atoms with E-state index in [2.05, 4.69) is 28.4 Å². The number of aromatic nitrogens is 4. The van der Waals surface area contributed by atoms with E-state index in [1.165, 1.54) is 6.92 Å². The van der Waals surface area contributed by atoms with Crippen molar-refractivity contribution in [3.05, 3.63) is 41.3 Å². The third-order valence-corrected chi connectivity index (χ3v) is 4.60. The van der Waals surface area contributed by atoms with Crippen LogP contribution in [0.1, 0.15) is 36.2 Å². The largest absolute Gasteiger partial charge is 0.381 e. The van der Waals surface area contributed by atoms with Gasteiger partial charge in [0.25, 0.3) is 0 Å². The first-order valence-electron chi connectivity index (χ1n) is 8.71. The van der Waals surface area contributed by atoms with Gasteiger partial charge >= 0.3 is 0 Å². The number of hydrogen-bond acceptors (Lipinski definition) is 5. The number of nitrogens with zero attached hydrogens (tertiary/aromatic N) is 4. The van der Waals surface area contributed by atoms with Crippen LogP contribution in [-0.4, -0.2) is 38.9 Å². The molecule has 4 heterocycles. The average molecular weight is 351 g/mol. The molecule has 0 saturated carbocycles. The van der Waals surface area contributed by atoms with Gasteiger partial charge < -0.3 is 10.1 Å². The second-order valence-corrected chi connectivity index (χ2v) is 6.75. The highest BCUT2D eigenvalue weighted by molar-refractivity contribution is 5.91. The molecule has 0 radical (unpaired) electrons. The maximum absolute atomic E-state index is 11.3. The van der Waals surface area contributed by atoms with E-state index in [-0.39, 0.29) is 5.91 Å². The number of fused-ring (bicyclic) bond motifs is 1. The third-order valence-electron chi connectivity index (χ3n) is 4.60. The minimum Gasteiger partial charge on any atom is -0.381 e. The number of rotatable bonds is 3. The van der Waals surface area contributed by atoms with Gasteiger partial charge in [-0.3, -0.25) is 4.79 Å². The molecule has 0 bridgehead atoms. The van der Waals surface area contributed by atoms with Gasteiger partial charge in [-0.25, -0.2) is 14.6 Å². The average Bonchev–Trinajstić information content (AvgIpc) is 3.22. The van der Waals surface area contributed by atoms with Crippen molar-refractivity contribution in [2.75, 3.05) is 18.5 Å². The lowest BCUT2D eigenvalue weighted by atomic mass is 10.0. The Bertz CT molecular complexity index is 989. The summed E-state index contributed by atoms with van der Waals surface area (Å²) in [6.07, 6.45) is 2.73. The summed E-state index contributed by atoms with van der Waals surface area (Å²) in [6.45, 7) is 6.97. The Kier molecular flexibility index (Phi) is 4.16. The van der Waals surface area contributed by atoms with Crippen LogP contribution in [0.2, 0.25) is 0 Å². The van der Waals surface area contributed by atoms with E-state index in [4.69, 9.17) is 9.72 Å². The van der Waals surface area contributed by atoms with Gasteiger partial charge in [0.2, 0.25) is 5.91 Å². The molecule has 1 aliphatic rings. The lowest BCUT2D eigenvalue weighted by molar-refractivity contribution is -0.114. The van der Waals surface area contributed by atoms with E-state index in [1.54, 1.807) is 6.20 Å². The summed E-state index contributed by atoms with van der Waals surface area (Å²) < 4.78 is 7.34. The van der Waals surface area contributed by atoms with Gasteiger partial charge in [0, 0.05) is 42.8 Å². The number of amides is 1. The van der Waals surface area contributed by atoms with Crippen molar-refractivity contribution in [2.45, 2.75) is 33.1 Å².